The maximum atomic E-state index is 13.4. The van der Waals surface area contributed by atoms with Gasteiger partial charge in [-0.3, -0.25) is 9.59 Å². The summed E-state index contributed by atoms with van der Waals surface area (Å²) in [5.74, 6) is -1.41. The normalized spacial score (nSPS) is 14.6. The first-order valence-electron chi connectivity index (χ1n) is 14.0. The lowest BCUT2D eigenvalue weighted by atomic mass is 9.85. The molecule has 3 N–H and O–H groups in total. The van der Waals surface area contributed by atoms with E-state index in [1.165, 1.54) is 49.2 Å². The van der Waals surface area contributed by atoms with Crippen LogP contribution in [-0.4, -0.2) is 64.3 Å². The smallest absolute Gasteiger partial charge is 0.335 e. The fourth-order valence-electron chi connectivity index (χ4n) is 5.51. The fraction of sp³-hybridized carbons (Fsp3) is 0.312. The molecule has 0 unspecified atom stereocenters. The number of amides is 2. The molecule has 212 valence electrons. The van der Waals surface area contributed by atoms with Crippen molar-refractivity contribution in [3.63, 3.8) is 0 Å². The summed E-state index contributed by atoms with van der Waals surface area (Å²) in [7, 11) is 3.65. The molecule has 5 rings (SSSR count). The molecule has 41 heavy (non-hydrogen) atoms. The van der Waals surface area contributed by atoms with Gasteiger partial charge in [0.15, 0.2) is 0 Å². The van der Waals surface area contributed by atoms with Crippen LogP contribution < -0.4 is 10.6 Å². The maximum absolute atomic E-state index is 13.4. The molecule has 9 heteroatoms. The molecule has 2 amide bonds. The largest absolute Gasteiger partial charge is 0.478 e. The molecular weight excluding hydrogens is 518 g/mol. The van der Waals surface area contributed by atoms with E-state index >= 15 is 0 Å². The summed E-state index contributed by atoms with van der Waals surface area (Å²) in [6.07, 6.45) is 5.90. The van der Waals surface area contributed by atoms with E-state index in [0.29, 0.717) is 17.2 Å². The van der Waals surface area contributed by atoms with E-state index in [1.54, 1.807) is 12.1 Å². The van der Waals surface area contributed by atoms with Crippen LogP contribution in [0.2, 0.25) is 0 Å². The molecule has 0 saturated heterocycles. The van der Waals surface area contributed by atoms with Crippen LogP contribution in [0.5, 0.6) is 0 Å². The molecule has 1 atom stereocenters. The molecule has 0 radical (unpaired) electrons. The zero-order valence-corrected chi connectivity index (χ0v) is 23.3. The average molecular weight is 554 g/mol. The summed E-state index contributed by atoms with van der Waals surface area (Å²) in [6.45, 7) is 0.279. The Morgan fingerprint density at radius 3 is 2.29 bits per heavy atom. The van der Waals surface area contributed by atoms with Gasteiger partial charge in [-0.1, -0.05) is 43.5 Å². The van der Waals surface area contributed by atoms with Gasteiger partial charge < -0.3 is 20.6 Å². The zero-order chi connectivity index (χ0) is 28.9. The number of carboxylic acids is 1. The van der Waals surface area contributed by atoms with Gasteiger partial charge in [0.25, 0.3) is 5.91 Å². The highest BCUT2D eigenvalue weighted by Crippen LogP contribution is 2.38. The number of rotatable bonds is 9. The molecule has 1 fully saturated rings. The molecule has 3 aromatic carbocycles. The molecule has 1 aliphatic carbocycles. The number of carbonyl (C=O) groups excluding carboxylic acids is 2. The van der Waals surface area contributed by atoms with E-state index in [2.05, 4.69) is 10.6 Å². The highest BCUT2D eigenvalue weighted by atomic mass is 16.4. The summed E-state index contributed by atoms with van der Waals surface area (Å²) in [4.78, 5) is 39.5. The lowest BCUT2D eigenvalue weighted by molar-refractivity contribution is -0.118. The second-order valence-corrected chi connectivity index (χ2v) is 10.9. The van der Waals surface area contributed by atoms with Crippen molar-refractivity contribution in [2.24, 2.45) is 0 Å². The van der Waals surface area contributed by atoms with Crippen molar-refractivity contribution < 1.29 is 19.5 Å². The van der Waals surface area contributed by atoms with Gasteiger partial charge in [0.05, 0.1) is 22.5 Å². The number of hydrogen-bond donors (Lipinski definition) is 3. The Morgan fingerprint density at radius 2 is 1.63 bits per heavy atom. The number of fused-ring (bicyclic) bond motifs is 1. The summed E-state index contributed by atoms with van der Waals surface area (Å²) in [5.41, 5.74) is 3.92. The molecule has 0 spiro atoms. The van der Waals surface area contributed by atoms with Gasteiger partial charge in [-0.2, -0.15) is 5.10 Å². The van der Waals surface area contributed by atoms with Crippen LogP contribution in [0.3, 0.4) is 0 Å². The number of carbonyl (C=O) groups is 3. The standard InChI is InChI=1S/C32H35N5O4/c1-36(2)20-28(31(39)33-24-16-13-22(14-17-24)32(40)41)34-30(38)23-15-18-26-27(19-23)35-37(25-11-7-4-8-12-25)29(26)21-9-5-3-6-10-21/h4,7-8,11-19,21,28H,3,5-6,9-10,20H2,1-2H3,(H,33,39)(H,34,38)(H,40,41)/t28-/m0/s1. The first-order valence-corrected chi connectivity index (χ1v) is 14.0. The van der Waals surface area contributed by atoms with Crippen molar-refractivity contribution >= 4 is 34.4 Å². The summed E-state index contributed by atoms with van der Waals surface area (Å²) in [5, 5.41) is 20.8. The zero-order valence-electron chi connectivity index (χ0n) is 23.3. The number of aromatic carboxylic acids is 1. The predicted octanol–water partition coefficient (Wildman–Crippen LogP) is 5.07. The number of carboxylic acid groups (broad SMARTS) is 1. The second kappa shape index (κ2) is 12.3. The highest BCUT2D eigenvalue weighted by Gasteiger charge is 2.26. The molecule has 1 heterocycles. The van der Waals surface area contributed by atoms with E-state index in [9.17, 15) is 14.4 Å². The summed E-state index contributed by atoms with van der Waals surface area (Å²) in [6, 6.07) is 20.7. The average Bonchev–Trinajstić information content (AvgIpc) is 3.36. The maximum Gasteiger partial charge on any atom is 0.335 e. The monoisotopic (exact) mass is 553 g/mol. The Bertz CT molecular complexity index is 1540. The molecule has 0 aliphatic heterocycles. The quantitative estimate of drug-likeness (QED) is 0.267. The van der Waals surface area contributed by atoms with Crippen LogP contribution in [0, 0.1) is 0 Å². The number of nitrogens with one attached hydrogen (secondary N) is 2. The molecule has 1 aromatic heterocycles. The van der Waals surface area contributed by atoms with E-state index in [-0.39, 0.29) is 18.0 Å². The Hall–Kier alpha value is -4.50. The van der Waals surface area contributed by atoms with E-state index in [4.69, 9.17) is 10.2 Å². The van der Waals surface area contributed by atoms with Crippen LogP contribution in [-0.2, 0) is 4.79 Å². The molecule has 9 nitrogen and oxygen atoms in total. The molecule has 0 bridgehead atoms. The third-order valence-corrected chi connectivity index (χ3v) is 7.53. The van der Waals surface area contributed by atoms with Gasteiger partial charge in [0.1, 0.15) is 6.04 Å². The number of benzene rings is 3. The number of hydrogen-bond acceptors (Lipinski definition) is 5. The number of nitrogens with zero attached hydrogens (tertiary/aromatic N) is 3. The summed E-state index contributed by atoms with van der Waals surface area (Å²) >= 11 is 0. The van der Waals surface area contributed by atoms with Crippen LogP contribution in [0.15, 0.2) is 72.8 Å². The van der Waals surface area contributed by atoms with E-state index < -0.39 is 17.9 Å². The Morgan fingerprint density at radius 1 is 0.951 bits per heavy atom. The minimum atomic E-state index is -1.04. The van der Waals surface area contributed by atoms with Gasteiger partial charge in [0.2, 0.25) is 5.91 Å². The Kier molecular flexibility index (Phi) is 8.45. The summed E-state index contributed by atoms with van der Waals surface area (Å²) < 4.78 is 2.03. The lowest BCUT2D eigenvalue weighted by Gasteiger charge is -2.23. The van der Waals surface area contributed by atoms with Gasteiger partial charge >= 0.3 is 5.97 Å². The lowest BCUT2D eigenvalue weighted by Crippen LogP contribution is -2.49. The topological polar surface area (TPSA) is 117 Å². The molecule has 1 aliphatic rings. The number of likely N-dealkylation sites (N-methyl/N-ethyl adjacent to an activating group) is 1. The first kappa shape index (κ1) is 28.0. The van der Waals surface area contributed by atoms with Crippen LogP contribution in [0.25, 0.3) is 16.6 Å². The SMILES string of the molecule is CN(C)C[C@H](NC(=O)c1ccc2c(C3CCCCC3)n(-c3ccccc3)nc2c1)C(=O)Nc1ccc(C(=O)O)cc1. The third kappa shape index (κ3) is 6.47. The van der Waals surface area contributed by atoms with Gasteiger partial charge in [0, 0.05) is 29.1 Å². The van der Waals surface area contributed by atoms with Crippen molar-refractivity contribution in [3.05, 3.63) is 89.6 Å². The van der Waals surface area contributed by atoms with Crippen molar-refractivity contribution in [1.82, 2.24) is 20.0 Å². The molecular formula is C32H35N5O4. The Labute approximate surface area is 239 Å². The van der Waals surface area contributed by atoms with Crippen molar-refractivity contribution in [2.45, 2.75) is 44.1 Å². The predicted molar refractivity (Wildman–Crippen MR) is 159 cm³/mol. The number of aromatic nitrogens is 2. The second-order valence-electron chi connectivity index (χ2n) is 10.9. The van der Waals surface area contributed by atoms with Crippen molar-refractivity contribution in [3.8, 4) is 5.69 Å². The first-order chi connectivity index (χ1) is 19.8. The van der Waals surface area contributed by atoms with Crippen molar-refractivity contribution in [1.29, 1.82) is 0 Å². The Balaban J connectivity index is 1.40. The van der Waals surface area contributed by atoms with Gasteiger partial charge in [-0.25, -0.2) is 9.48 Å². The molecule has 4 aromatic rings. The number of para-hydroxylation sites is 1. The minimum absolute atomic E-state index is 0.123. The van der Waals surface area contributed by atoms with Crippen LogP contribution in [0.4, 0.5) is 5.69 Å². The minimum Gasteiger partial charge on any atom is -0.478 e. The van der Waals surface area contributed by atoms with Gasteiger partial charge in [-0.15, -0.1) is 0 Å². The van der Waals surface area contributed by atoms with E-state index in [1.807, 2.05) is 60.1 Å². The van der Waals surface area contributed by atoms with Crippen LogP contribution >= 0.6 is 0 Å². The number of anilines is 1. The van der Waals surface area contributed by atoms with Crippen molar-refractivity contribution in [2.75, 3.05) is 26.0 Å². The molecule has 1 saturated carbocycles. The van der Waals surface area contributed by atoms with E-state index in [0.717, 1.165) is 29.4 Å². The third-order valence-electron chi connectivity index (χ3n) is 7.53. The van der Waals surface area contributed by atoms with Gasteiger partial charge in [-0.05, 0) is 75.5 Å². The fourth-order valence-corrected chi connectivity index (χ4v) is 5.51. The highest BCUT2D eigenvalue weighted by molar-refractivity contribution is 6.03. The van der Waals surface area contributed by atoms with Crippen LogP contribution in [0.1, 0.15) is 64.4 Å².